The fraction of sp³-hybridized carbons (Fsp3) is 0.571. The third kappa shape index (κ3) is 4.84. The second-order valence-corrected chi connectivity index (χ2v) is 8.32. The van der Waals surface area contributed by atoms with E-state index in [1.165, 1.54) is 12.0 Å². The van der Waals surface area contributed by atoms with E-state index in [1.54, 1.807) is 17.9 Å². The maximum atomic E-state index is 12.6. The smallest absolute Gasteiger partial charge is 0.219 e. The summed E-state index contributed by atoms with van der Waals surface area (Å²) >= 11 is 0. The molecule has 0 bridgehead atoms. The molecule has 10 nitrogen and oxygen atoms in total. The Morgan fingerprint density at radius 1 is 1.32 bits per heavy atom. The molecule has 1 fully saturated rings. The summed E-state index contributed by atoms with van der Waals surface area (Å²) in [6.45, 7) is 4.17. The first kappa shape index (κ1) is 21.2. The Morgan fingerprint density at radius 2 is 2.13 bits per heavy atom. The van der Waals surface area contributed by atoms with E-state index in [-0.39, 0.29) is 24.2 Å². The number of likely N-dealkylation sites (tertiary alicyclic amines) is 1. The van der Waals surface area contributed by atoms with Gasteiger partial charge in [-0.15, -0.1) is 0 Å². The Labute approximate surface area is 181 Å². The first-order valence-electron chi connectivity index (χ1n) is 10.7. The van der Waals surface area contributed by atoms with E-state index in [0.717, 1.165) is 25.1 Å². The number of aryl methyl sites for hydroxylation is 1. The van der Waals surface area contributed by atoms with Crippen molar-refractivity contribution < 1.29 is 14.7 Å². The number of ketones is 1. The molecule has 2 aliphatic rings. The van der Waals surface area contributed by atoms with Crippen LogP contribution in [0.4, 0.5) is 11.5 Å². The monoisotopic (exact) mass is 427 g/mol. The van der Waals surface area contributed by atoms with Gasteiger partial charge >= 0.3 is 0 Å². The highest BCUT2D eigenvalue weighted by molar-refractivity contribution is 5.94. The van der Waals surface area contributed by atoms with Crippen molar-refractivity contribution in [3.8, 4) is 0 Å². The minimum absolute atomic E-state index is 0.0551. The first-order valence-corrected chi connectivity index (χ1v) is 10.7. The molecule has 1 atom stereocenters. The van der Waals surface area contributed by atoms with Gasteiger partial charge in [0.25, 0.3) is 0 Å². The van der Waals surface area contributed by atoms with Gasteiger partial charge in [0.15, 0.2) is 5.78 Å². The molecule has 2 aromatic rings. The largest absolute Gasteiger partial charge is 0.391 e. The number of anilines is 2. The number of Topliss-reactive ketones (excluding diaryl/α,β-unsaturated/α-hetero) is 1. The van der Waals surface area contributed by atoms with Gasteiger partial charge in [-0.2, -0.15) is 5.10 Å². The highest BCUT2D eigenvalue weighted by atomic mass is 16.3. The summed E-state index contributed by atoms with van der Waals surface area (Å²) < 4.78 is 1.89. The molecule has 0 saturated carbocycles. The maximum Gasteiger partial charge on any atom is 0.219 e. The van der Waals surface area contributed by atoms with Gasteiger partial charge in [0, 0.05) is 52.6 Å². The van der Waals surface area contributed by atoms with E-state index in [1.807, 2.05) is 17.9 Å². The summed E-state index contributed by atoms with van der Waals surface area (Å²) in [5, 5.41) is 18.1. The van der Waals surface area contributed by atoms with Crippen molar-refractivity contribution in [2.45, 2.75) is 44.8 Å². The van der Waals surface area contributed by atoms with Gasteiger partial charge < -0.3 is 20.2 Å². The number of amides is 1. The average molecular weight is 428 g/mol. The number of fused-ring (bicyclic) bond motifs is 1. The van der Waals surface area contributed by atoms with Crippen LogP contribution in [-0.4, -0.2) is 79.8 Å². The summed E-state index contributed by atoms with van der Waals surface area (Å²) in [5.41, 5.74) is 2.60. The van der Waals surface area contributed by atoms with Crippen molar-refractivity contribution in [2.75, 3.05) is 36.4 Å². The van der Waals surface area contributed by atoms with E-state index >= 15 is 0 Å². The third-order valence-corrected chi connectivity index (χ3v) is 5.99. The van der Waals surface area contributed by atoms with Crippen LogP contribution in [0.25, 0.3) is 0 Å². The van der Waals surface area contributed by atoms with Gasteiger partial charge in [-0.25, -0.2) is 9.97 Å². The number of nitrogens with one attached hydrogen (secondary N) is 1. The van der Waals surface area contributed by atoms with Crippen molar-refractivity contribution in [1.82, 2.24) is 24.6 Å². The lowest BCUT2D eigenvalue weighted by molar-refractivity contribution is -0.132. The predicted molar refractivity (Wildman–Crippen MR) is 115 cm³/mol. The van der Waals surface area contributed by atoms with Crippen molar-refractivity contribution in [3.63, 3.8) is 0 Å². The van der Waals surface area contributed by atoms with Crippen molar-refractivity contribution >= 4 is 23.2 Å². The van der Waals surface area contributed by atoms with Crippen LogP contribution in [0.15, 0.2) is 18.6 Å². The van der Waals surface area contributed by atoms with Crippen LogP contribution < -0.4 is 10.2 Å². The SMILES string of the molecule is CC(=O)N1CC(Nc2cc(C(=O)CC[C@H](O)CN3CCCc4c3cnn4C)ncn2)C1. The number of rotatable bonds is 8. The molecule has 166 valence electrons. The van der Waals surface area contributed by atoms with E-state index in [0.29, 0.717) is 37.6 Å². The lowest BCUT2D eigenvalue weighted by Gasteiger charge is -2.39. The molecule has 0 aromatic carbocycles. The number of nitrogens with zero attached hydrogens (tertiary/aromatic N) is 6. The number of carbonyl (C=O) groups excluding carboxylic acids is 2. The number of aliphatic hydroxyl groups excluding tert-OH is 1. The third-order valence-electron chi connectivity index (χ3n) is 5.99. The number of carbonyl (C=O) groups is 2. The molecule has 31 heavy (non-hydrogen) atoms. The van der Waals surface area contributed by atoms with Crippen LogP contribution in [0.3, 0.4) is 0 Å². The Morgan fingerprint density at radius 3 is 2.90 bits per heavy atom. The molecule has 1 saturated heterocycles. The first-order chi connectivity index (χ1) is 14.9. The molecule has 0 spiro atoms. The molecule has 0 unspecified atom stereocenters. The number of hydrogen-bond donors (Lipinski definition) is 2. The van der Waals surface area contributed by atoms with Gasteiger partial charge in [-0.3, -0.25) is 14.3 Å². The summed E-state index contributed by atoms with van der Waals surface area (Å²) in [6, 6.07) is 1.77. The maximum absolute atomic E-state index is 12.6. The van der Waals surface area contributed by atoms with Gasteiger partial charge in [-0.1, -0.05) is 0 Å². The highest BCUT2D eigenvalue weighted by Gasteiger charge is 2.28. The second kappa shape index (κ2) is 9.01. The molecule has 0 radical (unpaired) electrons. The van der Waals surface area contributed by atoms with Gasteiger partial charge in [-0.05, 0) is 19.3 Å². The van der Waals surface area contributed by atoms with Crippen LogP contribution in [0.2, 0.25) is 0 Å². The highest BCUT2D eigenvalue weighted by Crippen LogP contribution is 2.26. The van der Waals surface area contributed by atoms with Crippen LogP contribution >= 0.6 is 0 Å². The Kier molecular flexibility index (Phi) is 6.17. The lowest BCUT2D eigenvalue weighted by Crippen LogP contribution is -2.56. The topological polar surface area (TPSA) is 116 Å². The average Bonchev–Trinajstić information content (AvgIpc) is 3.10. The number of β-amino-alcohol motifs (C(OH)–C–C–N with tert-alkyl or cyclic N) is 1. The normalized spacial score (nSPS) is 17.1. The molecular weight excluding hydrogens is 398 g/mol. The summed E-state index contributed by atoms with van der Waals surface area (Å²) in [7, 11) is 1.94. The molecular formula is C21H29N7O3. The molecule has 2 N–H and O–H groups in total. The fourth-order valence-corrected chi connectivity index (χ4v) is 4.15. The molecule has 0 aliphatic carbocycles. The Bertz CT molecular complexity index is 954. The van der Waals surface area contributed by atoms with Crippen molar-refractivity contribution in [3.05, 3.63) is 30.0 Å². The summed E-state index contributed by atoms with van der Waals surface area (Å²) in [4.78, 5) is 36.0. The van der Waals surface area contributed by atoms with E-state index < -0.39 is 6.10 Å². The van der Waals surface area contributed by atoms with Gasteiger partial charge in [0.2, 0.25) is 5.91 Å². The second-order valence-electron chi connectivity index (χ2n) is 8.32. The molecule has 2 aliphatic heterocycles. The van der Waals surface area contributed by atoms with E-state index in [9.17, 15) is 14.7 Å². The molecule has 1 amide bonds. The Balaban J connectivity index is 1.27. The number of aliphatic hydroxyl groups is 1. The number of hydrogen-bond acceptors (Lipinski definition) is 8. The van der Waals surface area contributed by atoms with Crippen LogP contribution in [0.5, 0.6) is 0 Å². The minimum Gasteiger partial charge on any atom is -0.391 e. The molecule has 2 aromatic heterocycles. The van der Waals surface area contributed by atoms with Crippen LogP contribution in [0.1, 0.15) is 42.4 Å². The fourth-order valence-electron chi connectivity index (χ4n) is 4.15. The molecule has 4 heterocycles. The van der Waals surface area contributed by atoms with Crippen molar-refractivity contribution in [1.29, 1.82) is 0 Å². The quantitative estimate of drug-likeness (QED) is 0.589. The lowest BCUT2D eigenvalue weighted by atomic mass is 10.1. The van der Waals surface area contributed by atoms with Gasteiger partial charge in [0.05, 0.1) is 29.7 Å². The van der Waals surface area contributed by atoms with Crippen LogP contribution in [-0.2, 0) is 18.3 Å². The standard InChI is InChI=1S/C21H29N7O3/c1-14(29)28-10-15(11-28)25-21-8-17(22-13-23-21)20(31)6-5-16(30)12-27-7-3-4-18-19(27)9-24-26(18)2/h8-9,13,15-16,30H,3-7,10-12H2,1-2H3,(H,22,23,25)/t16-/m0/s1. The van der Waals surface area contributed by atoms with Crippen molar-refractivity contribution in [2.24, 2.45) is 7.05 Å². The summed E-state index contributed by atoms with van der Waals surface area (Å²) in [6.07, 6.45) is 5.21. The minimum atomic E-state index is -0.609. The van der Waals surface area contributed by atoms with E-state index in [2.05, 4.69) is 25.3 Å². The molecule has 10 heteroatoms. The zero-order valence-electron chi connectivity index (χ0n) is 18.0. The zero-order chi connectivity index (χ0) is 22.0. The van der Waals surface area contributed by atoms with E-state index in [4.69, 9.17) is 0 Å². The molecule has 4 rings (SSSR count). The van der Waals surface area contributed by atoms with Crippen LogP contribution in [0, 0.1) is 0 Å². The Hall–Kier alpha value is -3.01. The van der Waals surface area contributed by atoms with Gasteiger partial charge in [0.1, 0.15) is 17.8 Å². The summed E-state index contributed by atoms with van der Waals surface area (Å²) in [5.74, 6) is 0.508. The predicted octanol–water partition coefficient (Wildman–Crippen LogP) is 0.629. The zero-order valence-corrected chi connectivity index (χ0v) is 18.0. The number of aromatic nitrogens is 4.